The lowest BCUT2D eigenvalue weighted by molar-refractivity contribution is 0.102. The van der Waals surface area contributed by atoms with Gasteiger partial charge in [-0.2, -0.15) is 5.26 Å². The van der Waals surface area contributed by atoms with Gasteiger partial charge in [0, 0.05) is 23.5 Å². The molecule has 3 rings (SSSR count). The lowest BCUT2D eigenvalue weighted by atomic mass is 10.1. The largest absolute Gasteiger partial charge is 0.387 e. The molecule has 1 unspecified atom stereocenters. The van der Waals surface area contributed by atoms with Crippen molar-refractivity contribution in [2.45, 2.75) is 6.10 Å². The van der Waals surface area contributed by atoms with Gasteiger partial charge in [-0.1, -0.05) is 18.2 Å². The normalized spacial score (nSPS) is 11.2. The standard InChI is InChI=1S/C23H18F2N4O3/c24-19-8-7-15(11-20(19)25)21(30)13-27-23(32)29-18-6-2-4-16(10-18)22(31)28-17-5-1-3-14(9-17)12-26/h1-11,21,30H,13H2,(H,28,31)(H2,27,29,32). The van der Waals surface area contributed by atoms with Crippen LogP contribution in [-0.4, -0.2) is 23.6 Å². The SMILES string of the molecule is N#Cc1cccc(NC(=O)c2cccc(NC(=O)NCC(O)c3ccc(F)c(F)c3)c2)c1. The zero-order valence-electron chi connectivity index (χ0n) is 16.6. The quantitative estimate of drug-likeness (QED) is 0.469. The van der Waals surface area contributed by atoms with Crippen LogP contribution in [0.3, 0.4) is 0 Å². The van der Waals surface area contributed by atoms with Gasteiger partial charge in [-0.3, -0.25) is 4.79 Å². The summed E-state index contributed by atoms with van der Waals surface area (Å²) in [5.41, 5.74) is 1.57. The lowest BCUT2D eigenvalue weighted by Gasteiger charge is -2.13. The third kappa shape index (κ3) is 5.87. The number of nitrogens with one attached hydrogen (secondary N) is 3. The molecule has 0 heterocycles. The minimum absolute atomic E-state index is 0.114. The Bertz CT molecular complexity index is 1190. The number of nitrogens with zero attached hydrogens (tertiary/aromatic N) is 1. The molecule has 0 aliphatic rings. The molecular formula is C23H18F2N4O3. The minimum atomic E-state index is -1.24. The summed E-state index contributed by atoms with van der Waals surface area (Å²) in [6, 6.07) is 16.9. The van der Waals surface area contributed by atoms with Gasteiger partial charge in [0.1, 0.15) is 0 Å². The Labute approximate surface area is 182 Å². The number of carbonyl (C=O) groups excluding carboxylic acids is 2. The molecule has 9 heteroatoms. The van der Waals surface area contributed by atoms with E-state index in [1.807, 2.05) is 6.07 Å². The van der Waals surface area contributed by atoms with Crippen molar-refractivity contribution in [1.29, 1.82) is 5.26 Å². The van der Waals surface area contributed by atoms with Gasteiger partial charge in [0.2, 0.25) is 0 Å². The summed E-state index contributed by atoms with van der Waals surface area (Å²) >= 11 is 0. The highest BCUT2D eigenvalue weighted by Crippen LogP contribution is 2.17. The highest BCUT2D eigenvalue weighted by molar-refractivity contribution is 6.05. The third-order valence-electron chi connectivity index (χ3n) is 4.42. The molecular weight excluding hydrogens is 418 g/mol. The summed E-state index contributed by atoms with van der Waals surface area (Å²) in [5, 5.41) is 26.6. The summed E-state index contributed by atoms with van der Waals surface area (Å²) in [7, 11) is 0. The van der Waals surface area contributed by atoms with E-state index in [1.54, 1.807) is 36.4 Å². The van der Waals surface area contributed by atoms with E-state index in [9.17, 15) is 23.5 Å². The van der Waals surface area contributed by atoms with Gasteiger partial charge in [0.15, 0.2) is 11.6 Å². The lowest BCUT2D eigenvalue weighted by Crippen LogP contribution is -2.32. The predicted octanol–water partition coefficient (Wildman–Crippen LogP) is 3.94. The molecule has 4 N–H and O–H groups in total. The van der Waals surface area contributed by atoms with Crippen LogP contribution in [0.1, 0.15) is 27.6 Å². The molecule has 0 bridgehead atoms. The number of benzene rings is 3. The summed E-state index contributed by atoms with van der Waals surface area (Å²) in [6.45, 7) is -0.244. The molecule has 7 nitrogen and oxygen atoms in total. The number of halogens is 2. The zero-order valence-corrected chi connectivity index (χ0v) is 16.6. The summed E-state index contributed by atoms with van der Waals surface area (Å²) in [5.74, 6) is -2.56. The molecule has 0 spiro atoms. The van der Waals surface area contributed by atoms with Crippen LogP contribution < -0.4 is 16.0 Å². The van der Waals surface area contributed by atoms with Gasteiger partial charge < -0.3 is 21.1 Å². The summed E-state index contributed by atoms with van der Waals surface area (Å²) in [6.07, 6.45) is -1.24. The van der Waals surface area contributed by atoms with Crippen LogP contribution >= 0.6 is 0 Å². The van der Waals surface area contributed by atoms with Crippen molar-refractivity contribution in [3.05, 3.63) is 95.1 Å². The van der Waals surface area contributed by atoms with Crippen molar-refractivity contribution in [3.8, 4) is 6.07 Å². The second-order valence-electron chi connectivity index (χ2n) is 6.75. The molecule has 3 aromatic rings. The monoisotopic (exact) mass is 436 g/mol. The van der Waals surface area contributed by atoms with Crippen molar-refractivity contribution < 1.29 is 23.5 Å². The Hall–Kier alpha value is -4.29. The van der Waals surface area contributed by atoms with E-state index < -0.39 is 29.7 Å². The van der Waals surface area contributed by atoms with Gasteiger partial charge in [0.25, 0.3) is 5.91 Å². The Morgan fingerprint density at radius 2 is 1.66 bits per heavy atom. The first-order valence-electron chi connectivity index (χ1n) is 9.45. The smallest absolute Gasteiger partial charge is 0.319 e. The molecule has 1 atom stereocenters. The maximum absolute atomic E-state index is 13.3. The third-order valence-corrected chi connectivity index (χ3v) is 4.42. The van der Waals surface area contributed by atoms with Crippen LogP contribution in [0, 0.1) is 23.0 Å². The number of nitriles is 1. The second-order valence-corrected chi connectivity index (χ2v) is 6.75. The Morgan fingerprint density at radius 3 is 2.38 bits per heavy atom. The van der Waals surface area contributed by atoms with Gasteiger partial charge >= 0.3 is 6.03 Å². The molecule has 162 valence electrons. The molecule has 0 aromatic heterocycles. The van der Waals surface area contributed by atoms with Crippen molar-refractivity contribution in [1.82, 2.24) is 5.32 Å². The predicted molar refractivity (Wildman–Crippen MR) is 114 cm³/mol. The fourth-order valence-electron chi connectivity index (χ4n) is 2.81. The van der Waals surface area contributed by atoms with Crippen molar-refractivity contribution in [3.63, 3.8) is 0 Å². The molecule has 0 saturated carbocycles. The van der Waals surface area contributed by atoms with Crippen molar-refractivity contribution >= 4 is 23.3 Å². The number of hydrogen-bond donors (Lipinski definition) is 4. The van der Waals surface area contributed by atoms with E-state index in [4.69, 9.17) is 5.26 Å². The first-order valence-corrected chi connectivity index (χ1v) is 9.45. The second kappa shape index (κ2) is 10.1. The summed E-state index contributed by atoms with van der Waals surface area (Å²) in [4.78, 5) is 24.6. The topological polar surface area (TPSA) is 114 Å². The number of carbonyl (C=O) groups is 2. The first-order chi connectivity index (χ1) is 15.4. The highest BCUT2D eigenvalue weighted by atomic mass is 19.2. The average Bonchev–Trinajstić information content (AvgIpc) is 2.79. The van der Waals surface area contributed by atoms with E-state index in [2.05, 4.69) is 16.0 Å². The zero-order chi connectivity index (χ0) is 23.1. The number of hydrogen-bond acceptors (Lipinski definition) is 4. The number of rotatable bonds is 6. The molecule has 3 aromatic carbocycles. The van der Waals surface area contributed by atoms with Crippen LogP contribution in [-0.2, 0) is 0 Å². The van der Waals surface area contributed by atoms with Crippen LogP contribution in [0.5, 0.6) is 0 Å². The van der Waals surface area contributed by atoms with E-state index in [-0.39, 0.29) is 17.7 Å². The van der Waals surface area contributed by atoms with Crippen molar-refractivity contribution in [2.24, 2.45) is 0 Å². The molecule has 0 saturated heterocycles. The van der Waals surface area contributed by atoms with E-state index in [0.29, 0.717) is 16.9 Å². The Morgan fingerprint density at radius 1 is 0.938 bits per heavy atom. The Kier molecular flexibility index (Phi) is 7.10. The fourth-order valence-corrected chi connectivity index (χ4v) is 2.81. The van der Waals surface area contributed by atoms with Crippen molar-refractivity contribution in [2.75, 3.05) is 17.2 Å². The maximum atomic E-state index is 13.3. The van der Waals surface area contributed by atoms with Crippen LogP contribution in [0.4, 0.5) is 25.0 Å². The number of aliphatic hydroxyl groups is 1. The first kappa shape index (κ1) is 22.4. The van der Waals surface area contributed by atoms with Crippen LogP contribution in [0.25, 0.3) is 0 Å². The Balaban J connectivity index is 1.57. The van der Waals surface area contributed by atoms with E-state index in [1.165, 1.54) is 18.2 Å². The number of urea groups is 1. The average molecular weight is 436 g/mol. The minimum Gasteiger partial charge on any atom is -0.387 e. The van der Waals surface area contributed by atoms with E-state index >= 15 is 0 Å². The van der Waals surface area contributed by atoms with Gasteiger partial charge in [-0.15, -0.1) is 0 Å². The molecule has 0 aliphatic heterocycles. The highest BCUT2D eigenvalue weighted by Gasteiger charge is 2.13. The molecule has 0 aliphatic carbocycles. The van der Waals surface area contributed by atoms with E-state index in [0.717, 1.165) is 12.1 Å². The summed E-state index contributed by atoms with van der Waals surface area (Å²) < 4.78 is 26.3. The fraction of sp³-hybridized carbons (Fsp3) is 0.0870. The number of aliphatic hydroxyl groups excluding tert-OH is 1. The molecule has 3 amide bonds. The number of anilines is 2. The van der Waals surface area contributed by atoms with Gasteiger partial charge in [-0.25, -0.2) is 13.6 Å². The molecule has 0 radical (unpaired) electrons. The van der Waals surface area contributed by atoms with Crippen LogP contribution in [0.2, 0.25) is 0 Å². The van der Waals surface area contributed by atoms with Gasteiger partial charge in [0.05, 0.1) is 17.7 Å². The number of amides is 3. The molecule has 32 heavy (non-hydrogen) atoms. The molecule has 0 fully saturated rings. The maximum Gasteiger partial charge on any atom is 0.319 e. The van der Waals surface area contributed by atoms with Crippen LogP contribution in [0.15, 0.2) is 66.7 Å². The van der Waals surface area contributed by atoms with Gasteiger partial charge in [-0.05, 0) is 54.1 Å².